The number of methoxy groups -OCH3 is 1. The van der Waals surface area contributed by atoms with Crippen LogP contribution < -0.4 is 10.1 Å². The molecule has 1 N–H and O–H groups in total. The highest BCUT2D eigenvalue weighted by Crippen LogP contribution is 2.27. The first kappa shape index (κ1) is 12.4. The van der Waals surface area contributed by atoms with Crippen LogP contribution in [0.5, 0.6) is 5.88 Å². The van der Waals surface area contributed by atoms with E-state index in [0.29, 0.717) is 6.04 Å². The van der Waals surface area contributed by atoms with Crippen molar-refractivity contribution in [1.29, 1.82) is 0 Å². The Bertz CT molecular complexity index is 348. The fraction of sp³-hybridized carbons (Fsp3) is 0.643. The van der Waals surface area contributed by atoms with Gasteiger partial charge in [-0.3, -0.25) is 0 Å². The first-order valence-corrected chi connectivity index (χ1v) is 6.52. The van der Waals surface area contributed by atoms with Crippen LogP contribution in [0.3, 0.4) is 0 Å². The molecular weight excluding hydrogens is 212 g/mol. The van der Waals surface area contributed by atoms with E-state index in [-0.39, 0.29) is 0 Å². The van der Waals surface area contributed by atoms with Crippen molar-refractivity contribution >= 4 is 0 Å². The summed E-state index contributed by atoms with van der Waals surface area (Å²) < 4.78 is 5.25. The molecule has 1 aromatic heterocycles. The summed E-state index contributed by atoms with van der Waals surface area (Å²) >= 11 is 0. The molecule has 0 aliphatic heterocycles. The van der Waals surface area contributed by atoms with Crippen LogP contribution >= 0.6 is 0 Å². The molecule has 3 nitrogen and oxygen atoms in total. The third-order valence-corrected chi connectivity index (χ3v) is 3.76. The van der Waals surface area contributed by atoms with Gasteiger partial charge in [-0.15, -0.1) is 0 Å². The van der Waals surface area contributed by atoms with Gasteiger partial charge in [0, 0.05) is 24.3 Å². The zero-order valence-electron chi connectivity index (χ0n) is 10.8. The van der Waals surface area contributed by atoms with E-state index >= 15 is 0 Å². The van der Waals surface area contributed by atoms with Crippen molar-refractivity contribution in [2.75, 3.05) is 7.11 Å². The summed E-state index contributed by atoms with van der Waals surface area (Å²) in [4.78, 5) is 4.21. The van der Waals surface area contributed by atoms with Crippen LogP contribution in [0.1, 0.15) is 38.2 Å². The Hall–Kier alpha value is -1.09. The maximum Gasteiger partial charge on any atom is 0.217 e. The van der Waals surface area contributed by atoms with Crippen LogP contribution in [0.25, 0.3) is 0 Å². The Balaban J connectivity index is 1.88. The van der Waals surface area contributed by atoms with E-state index in [1.807, 2.05) is 6.07 Å². The lowest BCUT2D eigenvalue weighted by Gasteiger charge is -2.20. The highest BCUT2D eigenvalue weighted by atomic mass is 16.5. The lowest BCUT2D eigenvalue weighted by atomic mass is 10.00. The van der Waals surface area contributed by atoms with Crippen molar-refractivity contribution in [3.63, 3.8) is 0 Å². The Morgan fingerprint density at radius 2 is 2.24 bits per heavy atom. The summed E-state index contributed by atoms with van der Waals surface area (Å²) in [7, 11) is 1.67. The largest absolute Gasteiger partial charge is 0.481 e. The summed E-state index contributed by atoms with van der Waals surface area (Å²) in [5.41, 5.74) is 1.14. The molecule has 1 heterocycles. The summed E-state index contributed by atoms with van der Waals surface area (Å²) in [5, 5.41) is 3.60. The number of aromatic nitrogens is 1. The van der Waals surface area contributed by atoms with Gasteiger partial charge < -0.3 is 10.1 Å². The molecule has 17 heavy (non-hydrogen) atoms. The normalized spacial score (nSPS) is 18.2. The van der Waals surface area contributed by atoms with Gasteiger partial charge in [0.05, 0.1) is 7.11 Å². The zero-order chi connectivity index (χ0) is 12.1. The predicted octanol–water partition coefficient (Wildman–Crippen LogP) is 2.76. The molecule has 3 heteroatoms. The second-order valence-corrected chi connectivity index (χ2v) is 4.89. The van der Waals surface area contributed by atoms with Crippen molar-refractivity contribution in [3.8, 4) is 5.88 Å². The van der Waals surface area contributed by atoms with Crippen LogP contribution in [0.15, 0.2) is 18.3 Å². The molecule has 1 unspecified atom stereocenters. The molecule has 0 saturated heterocycles. The van der Waals surface area contributed by atoms with E-state index in [9.17, 15) is 0 Å². The van der Waals surface area contributed by atoms with E-state index in [1.54, 1.807) is 13.3 Å². The number of hydrogen-bond acceptors (Lipinski definition) is 3. The van der Waals surface area contributed by atoms with Gasteiger partial charge in [-0.05, 0) is 31.7 Å². The number of ether oxygens (including phenoxy) is 1. The lowest BCUT2D eigenvalue weighted by Crippen LogP contribution is -2.31. The van der Waals surface area contributed by atoms with Gasteiger partial charge in [-0.2, -0.15) is 0 Å². The zero-order valence-corrected chi connectivity index (χ0v) is 10.8. The molecule has 2 rings (SSSR count). The molecule has 1 aromatic rings. The molecule has 0 radical (unpaired) electrons. The van der Waals surface area contributed by atoms with Crippen LogP contribution in [0.2, 0.25) is 0 Å². The fourth-order valence-electron chi connectivity index (χ4n) is 2.64. The minimum Gasteiger partial charge on any atom is -0.481 e. The van der Waals surface area contributed by atoms with E-state index in [2.05, 4.69) is 23.3 Å². The highest BCUT2D eigenvalue weighted by molar-refractivity contribution is 5.25. The van der Waals surface area contributed by atoms with Gasteiger partial charge in [0.2, 0.25) is 5.88 Å². The Kier molecular flexibility index (Phi) is 4.37. The van der Waals surface area contributed by atoms with Crippen LogP contribution in [-0.4, -0.2) is 18.1 Å². The first-order valence-electron chi connectivity index (χ1n) is 6.52. The summed E-state index contributed by atoms with van der Waals surface area (Å²) in [6, 6.07) is 4.61. The topological polar surface area (TPSA) is 34.1 Å². The van der Waals surface area contributed by atoms with Crippen LogP contribution in [0, 0.1) is 5.92 Å². The molecule has 1 aliphatic rings. The van der Waals surface area contributed by atoms with E-state index in [0.717, 1.165) is 23.9 Å². The summed E-state index contributed by atoms with van der Waals surface area (Å²) in [6.07, 6.45) is 7.30. The monoisotopic (exact) mass is 234 g/mol. The average molecular weight is 234 g/mol. The quantitative estimate of drug-likeness (QED) is 0.850. The van der Waals surface area contributed by atoms with Crippen LogP contribution in [0.4, 0.5) is 0 Å². The minimum absolute atomic E-state index is 0.586. The van der Waals surface area contributed by atoms with Gasteiger partial charge in [-0.25, -0.2) is 4.98 Å². The summed E-state index contributed by atoms with van der Waals surface area (Å²) in [6.45, 7) is 3.13. The molecule has 1 atom stereocenters. The number of nitrogens with one attached hydrogen (secondary N) is 1. The van der Waals surface area contributed by atoms with Gasteiger partial charge >= 0.3 is 0 Å². The third kappa shape index (κ3) is 3.19. The Labute approximate surface area is 104 Å². The number of nitrogens with zero attached hydrogens (tertiary/aromatic N) is 1. The molecular formula is C14H22N2O. The van der Waals surface area contributed by atoms with E-state index in [4.69, 9.17) is 4.74 Å². The standard InChI is InChI=1S/C14H22N2O/c1-11(12-6-3-4-7-12)16-10-13-8-5-9-15-14(13)17-2/h5,8-9,11-12,16H,3-4,6-7,10H2,1-2H3. The summed E-state index contributed by atoms with van der Waals surface area (Å²) in [5.74, 6) is 1.58. The van der Waals surface area contributed by atoms with Gasteiger partial charge in [0.1, 0.15) is 0 Å². The lowest BCUT2D eigenvalue weighted by molar-refractivity contribution is 0.366. The maximum absolute atomic E-state index is 5.25. The van der Waals surface area contributed by atoms with Crippen molar-refractivity contribution in [2.24, 2.45) is 5.92 Å². The number of hydrogen-bond donors (Lipinski definition) is 1. The minimum atomic E-state index is 0.586. The smallest absolute Gasteiger partial charge is 0.217 e. The molecule has 94 valence electrons. The first-order chi connectivity index (χ1) is 8.31. The molecule has 1 fully saturated rings. The van der Waals surface area contributed by atoms with Gasteiger partial charge in [0.15, 0.2) is 0 Å². The molecule has 0 spiro atoms. The highest BCUT2D eigenvalue weighted by Gasteiger charge is 2.21. The Morgan fingerprint density at radius 1 is 1.47 bits per heavy atom. The fourth-order valence-corrected chi connectivity index (χ4v) is 2.64. The maximum atomic E-state index is 5.25. The van der Waals surface area contributed by atoms with Crippen LogP contribution in [-0.2, 0) is 6.54 Å². The molecule has 1 saturated carbocycles. The van der Waals surface area contributed by atoms with Crippen molar-refractivity contribution in [1.82, 2.24) is 10.3 Å². The van der Waals surface area contributed by atoms with Crippen molar-refractivity contribution in [3.05, 3.63) is 23.9 Å². The van der Waals surface area contributed by atoms with E-state index in [1.165, 1.54) is 25.7 Å². The van der Waals surface area contributed by atoms with Crippen molar-refractivity contribution in [2.45, 2.75) is 45.2 Å². The van der Waals surface area contributed by atoms with Gasteiger partial charge in [-0.1, -0.05) is 18.9 Å². The third-order valence-electron chi connectivity index (χ3n) is 3.76. The average Bonchev–Trinajstić information content (AvgIpc) is 2.90. The van der Waals surface area contributed by atoms with Gasteiger partial charge in [0.25, 0.3) is 0 Å². The Morgan fingerprint density at radius 3 is 2.94 bits per heavy atom. The molecule has 0 bridgehead atoms. The van der Waals surface area contributed by atoms with Crippen molar-refractivity contribution < 1.29 is 4.74 Å². The van der Waals surface area contributed by atoms with E-state index < -0.39 is 0 Å². The molecule has 0 amide bonds. The SMILES string of the molecule is COc1ncccc1CNC(C)C1CCCC1. The molecule has 1 aliphatic carbocycles. The predicted molar refractivity (Wildman–Crippen MR) is 69.0 cm³/mol. The second kappa shape index (κ2) is 6.01. The second-order valence-electron chi connectivity index (χ2n) is 4.89. The molecule has 0 aromatic carbocycles. The number of pyridine rings is 1. The number of rotatable bonds is 5.